The number of methoxy groups -OCH3 is 1. The summed E-state index contributed by atoms with van der Waals surface area (Å²) in [6.45, 7) is 0.634. The van der Waals surface area contributed by atoms with Crippen LogP contribution in [0.1, 0.15) is 15.9 Å². The molecular formula is C16H19N3O2. The van der Waals surface area contributed by atoms with Crippen LogP contribution in [-0.2, 0) is 6.42 Å². The third-order valence-corrected chi connectivity index (χ3v) is 3.31. The van der Waals surface area contributed by atoms with E-state index in [0.29, 0.717) is 23.5 Å². The Labute approximate surface area is 124 Å². The van der Waals surface area contributed by atoms with Crippen molar-refractivity contribution in [1.29, 1.82) is 0 Å². The molecule has 1 amide bonds. The largest absolute Gasteiger partial charge is 0.495 e. The number of benzene rings is 1. The number of nitrogen functional groups attached to an aromatic ring is 1. The molecule has 0 radical (unpaired) electrons. The fourth-order valence-corrected chi connectivity index (χ4v) is 2.01. The van der Waals surface area contributed by atoms with E-state index >= 15 is 0 Å². The standard InChI is InChI=1S/C16H19N3O2/c1-19(10-7-12-5-8-18-9-6-12)16(20)13-3-4-14(17)15(11-13)21-2/h3-6,8-9,11H,7,10,17H2,1-2H3. The van der Waals surface area contributed by atoms with Crippen molar-refractivity contribution in [2.45, 2.75) is 6.42 Å². The van der Waals surface area contributed by atoms with E-state index in [-0.39, 0.29) is 5.91 Å². The Morgan fingerprint density at radius 3 is 2.67 bits per heavy atom. The molecule has 0 atom stereocenters. The predicted molar refractivity (Wildman–Crippen MR) is 82.3 cm³/mol. The maximum absolute atomic E-state index is 12.4. The average molecular weight is 285 g/mol. The van der Waals surface area contributed by atoms with Crippen LogP contribution in [0.15, 0.2) is 42.7 Å². The number of rotatable bonds is 5. The van der Waals surface area contributed by atoms with E-state index in [0.717, 1.165) is 12.0 Å². The second-order valence-corrected chi connectivity index (χ2v) is 4.79. The number of nitrogens with two attached hydrogens (primary N) is 1. The van der Waals surface area contributed by atoms with Gasteiger partial charge in [-0.25, -0.2) is 0 Å². The van der Waals surface area contributed by atoms with Gasteiger partial charge in [0.15, 0.2) is 0 Å². The number of carbonyl (C=O) groups is 1. The van der Waals surface area contributed by atoms with Gasteiger partial charge in [0.05, 0.1) is 12.8 Å². The molecule has 2 N–H and O–H groups in total. The van der Waals surface area contributed by atoms with Crippen LogP contribution in [0.2, 0.25) is 0 Å². The minimum absolute atomic E-state index is 0.0534. The highest BCUT2D eigenvalue weighted by Crippen LogP contribution is 2.22. The van der Waals surface area contributed by atoms with E-state index in [1.807, 2.05) is 12.1 Å². The molecule has 2 rings (SSSR count). The third-order valence-electron chi connectivity index (χ3n) is 3.31. The van der Waals surface area contributed by atoms with Crippen molar-refractivity contribution in [2.24, 2.45) is 0 Å². The maximum atomic E-state index is 12.4. The molecule has 0 aliphatic heterocycles. The summed E-state index contributed by atoms with van der Waals surface area (Å²) in [4.78, 5) is 18.0. The zero-order chi connectivity index (χ0) is 15.2. The van der Waals surface area contributed by atoms with E-state index < -0.39 is 0 Å². The highest BCUT2D eigenvalue weighted by atomic mass is 16.5. The van der Waals surface area contributed by atoms with E-state index in [4.69, 9.17) is 10.5 Å². The first-order valence-electron chi connectivity index (χ1n) is 6.69. The molecule has 0 bridgehead atoms. The van der Waals surface area contributed by atoms with E-state index in [1.165, 1.54) is 7.11 Å². The van der Waals surface area contributed by atoms with Crippen molar-refractivity contribution in [1.82, 2.24) is 9.88 Å². The lowest BCUT2D eigenvalue weighted by molar-refractivity contribution is 0.0796. The van der Waals surface area contributed by atoms with Crippen LogP contribution in [0.25, 0.3) is 0 Å². The molecule has 1 heterocycles. The van der Waals surface area contributed by atoms with Gasteiger partial charge in [0, 0.05) is 31.5 Å². The van der Waals surface area contributed by atoms with Gasteiger partial charge < -0.3 is 15.4 Å². The van der Waals surface area contributed by atoms with Gasteiger partial charge in [0.2, 0.25) is 0 Å². The summed E-state index contributed by atoms with van der Waals surface area (Å²) >= 11 is 0. The summed E-state index contributed by atoms with van der Waals surface area (Å²) in [5.41, 5.74) is 8.00. The van der Waals surface area contributed by atoms with Gasteiger partial charge in [0.1, 0.15) is 5.75 Å². The topological polar surface area (TPSA) is 68.5 Å². The number of anilines is 1. The van der Waals surface area contributed by atoms with Crippen molar-refractivity contribution >= 4 is 11.6 Å². The number of aromatic nitrogens is 1. The number of amides is 1. The van der Waals surface area contributed by atoms with Gasteiger partial charge in [-0.05, 0) is 42.3 Å². The summed E-state index contributed by atoms with van der Waals surface area (Å²) in [5.74, 6) is 0.464. The van der Waals surface area contributed by atoms with Crippen LogP contribution in [0.3, 0.4) is 0 Å². The molecule has 0 saturated heterocycles. The Morgan fingerprint density at radius 2 is 2.00 bits per heavy atom. The molecular weight excluding hydrogens is 266 g/mol. The molecule has 0 aliphatic rings. The lowest BCUT2D eigenvalue weighted by atomic mass is 10.1. The summed E-state index contributed by atoms with van der Waals surface area (Å²) < 4.78 is 5.14. The minimum Gasteiger partial charge on any atom is -0.495 e. The Bertz CT molecular complexity index is 614. The van der Waals surface area contributed by atoms with E-state index in [2.05, 4.69) is 4.98 Å². The zero-order valence-corrected chi connectivity index (χ0v) is 12.2. The molecule has 2 aromatic rings. The van der Waals surface area contributed by atoms with E-state index in [1.54, 1.807) is 42.5 Å². The molecule has 0 saturated carbocycles. The van der Waals surface area contributed by atoms with Crippen LogP contribution in [0, 0.1) is 0 Å². The van der Waals surface area contributed by atoms with Crippen molar-refractivity contribution in [2.75, 3.05) is 26.4 Å². The van der Waals surface area contributed by atoms with Crippen LogP contribution in [-0.4, -0.2) is 36.5 Å². The van der Waals surface area contributed by atoms with E-state index in [9.17, 15) is 4.79 Å². The summed E-state index contributed by atoms with van der Waals surface area (Å²) in [6.07, 6.45) is 4.29. The lowest BCUT2D eigenvalue weighted by Gasteiger charge is -2.18. The van der Waals surface area contributed by atoms with Crippen molar-refractivity contribution < 1.29 is 9.53 Å². The molecule has 1 aromatic heterocycles. The predicted octanol–water partition coefficient (Wildman–Crippen LogP) is 1.99. The first kappa shape index (κ1) is 14.8. The third kappa shape index (κ3) is 3.72. The molecule has 5 heteroatoms. The summed E-state index contributed by atoms with van der Waals surface area (Å²) in [5, 5.41) is 0. The second-order valence-electron chi connectivity index (χ2n) is 4.79. The normalized spacial score (nSPS) is 10.2. The van der Waals surface area contributed by atoms with Crippen LogP contribution in [0.5, 0.6) is 5.75 Å². The van der Waals surface area contributed by atoms with Crippen LogP contribution in [0.4, 0.5) is 5.69 Å². The molecule has 0 unspecified atom stereocenters. The summed E-state index contributed by atoms with van der Waals surface area (Å²) in [7, 11) is 3.32. The highest BCUT2D eigenvalue weighted by Gasteiger charge is 2.13. The molecule has 110 valence electrons. The molecule has 1 aromatic carbocycles. The highest BCUT2D eigenvalue weighted by molar-refractivity contribution is 5.95. The molecule has 0 aliphatic carbocycles. The van der Waals surface area contributed by atoms with Crippen molar-refractivity contribution in [3.05, 3.63) is 53.9 Å². The molecule has 0 spiro atoms. The zero-order valence-electron chi connectivity index (χ0n) is 12.2. The number of ether oxygens (including phenoxy) is 1. The van der Waals surface area contributed by atoms with Gasteiger partial charge in [-0.2, -0.15) is 0 Å². The Kier molecular flexibility index (Phi) is 4.77. The monoisotopic (exact) mass is 285 g/mol. The number of hydrogen-bond donors (Lipinski definition) is 1. The van der Waals surface area contributed by atoms with Gasteiger partial charge >= 0.3 is 0 Å². The minimum atomic E-state index is -0.0534. The Hall–Kier alpha value is -2.56. The Balaban J connectivity index is 2.02. The average Bonchev–Trinajstić information content (AvgIpc) is 2.53. The lowest BCUT2D eigenvalue weighted by Crippen LogP contribution is -2.28. The first-order chi connectivity index (χ1) is 10.1. The smallest absolute Gasteiger partial charge is 0.253 e. The summed E-state index contributed by atoms with van der Waals surface area (Å²) in [6, 6.07) is 8.96. The fourth-order valence-electron chi connectivity index (χ4n) is 2.01. The second kappa shape index (κ2) is 6.74. The van der Waals surface area contributed by atoms with Crippen LogP contribution < -0.4 is 10.5 Å². The van der Waals surface area contributed by atoms with Gasteiger partial charge in [-0.1, -0.05) is 0 Å². The van der Waals surface area contributed by atoms with Gasteiger partial charge in [-0.15, -0.1) is 0 Å². The molecule has 21 heavy (non-hydrogen) atoms. The number of nitrogens with zero attached hydrogens (tertiary/aromatic N) is 2. The van der Waals surface area contributed by atoms with Crippen molar-refractivity contribution in [3.8, 4) is 5.75 Å². The molecule has 5 nitrogen and oxygen atoms in total. The first-order valence-corrected chi connectivity index (χ1v) is 6.69. The van der Waals surface area contributed by atoms with Gasteiger partial charge in [0.25, 0.3) is 5.91 Å². The molecule has 0 fully saturated rings. The van der Waals surface area contributed by atoms with Crippen LogP contribution >= 0.6 is 0 Å². The number of carbonyl (C=O) groups excluding carboxylic acids is 1. The Morgan fingerprint density at radius 1 is 1.29 bits per heavy atom. The SMILES string of the molecule is COc1cc(C(=O)N(C)CCc2ccncc2)ccc1N. The quantitative estimate of drug-likeness (QED) is 0.853. The van der Waals surface area contributed by atoms with Gasteiger partial charge in [-0.3, -0.25) is 9.78 Å². The number of hydrogen-bond acceptors (Lipinski definition) is 4. The maximum Gasteiger partial charge on any atom is 0.253 e. The van der Waals surface area contributed by atoms with Crippen molar-refractivity contribution in [3.63, 3.8) is 0 Å². The number of likely N-dealkylation sites (N-methyl/N-ethyl adjacent to an activating group) is 1. The fraction of sp³-hybridized carbons (Fsp3) is 0.250. The number of pyridine rings is 1.